The van der Waals surface area contributed by atoms with Crippen LogP contribution in [0.3, 0.4) is 0 Å². The van der Waals surface area contributed by atoms with Crippen LogP contribution in [0.15, 0.2) is 12.3 Å². The molecule has 4 heteroatoms. The molecule has 0 fully saturated rings. The van der Waals surface area contributed by atoms with Gasteiger partial charge >= 0.3 is 0 Å². The SMILES string of the molecule is CNC(=S)NCc1cnc(C)cc1C. The molecule has 14 heavy (non-hydrogen) atoms. The van der Waals surface area contributed by atoms with E-state index in [1.54, 1.807) is 7.05 Å². The Morgan fingerprint density at radius 3 is 2.79 bits per heavy atom. The molecule has 0 aromatic carbocycles. The molecule has 0 spiro atoms. The summed E-state index contributed by atoms with van der Waals surface area (Å²) in [5.41, 5.74) is 3.46. The molecule has 1 heterocycles. The van der Waals surface area contributed by atoms with Crippen LogP contribution in [0.5, 0.6) is 0 Å². The van der Waals surface area contributed by atoms with Crippen LogP contribution in [0, 0.1) is 13.8 Å². The number of rotatable bonds is 2. The van der Waals surface area contributed by atoms with E-state index in [9.17, 15) is 0 Å². The molecular weight excluding hydrogens is 194 g/mol. The van der Waals surface area contributed by atoms with E-state index in [0.29, 0.717) is 5.11 Å². The van der Waals surface area contributed by atoms with Crippen LogP contribution in [0.1, 0.15) is 16.8 Å². The van der Waals surface area contributed by atoms with Crippen LogP contribution >= 0.6 is 12.2 Å². The van der Waals surface area contributed by atoms with Gasteiger partial charge < -0.3 is 10.6 Å². The van der Waals surface area contributed by atoms with Gasteiger partial charge in [0.2, 0.25) is 0 Å². The normalized spacial score (nSPS) is 9.64. The molecular formula is C10H15N3S. The molecule has 0 amide bonds. The summed E-state index contributed by atoms with van der Waals surface area (Å²) < 4.78 is 0. The standard InChI is InChI=1S/C10H15N3S/c1-7-4-8(2)12-5-9(7)6-13-10(14)11-3/h4-5H,6H2,1-3H3,(H2,11,13,14). The van der Waals surface area contributed by atoms with Gasteiger partial charge in [-0.25, -0.2) is 0 Å². The van der Waals surface area contributed by atoms with Gasteiger partial charge in [-0.3, -0.25) is 4.98 Å². The molecule has 3 nitrogen and oxygen atoms in total. The van der Waals surface area contributed by atoms with Gasteiger partial charge in [0.25, 0.3) is 0 Å². The fourth-order valence-corrected chi connectivity index (χ4v) is 1.25. The van der Waals surface area contributed by atoms with Crippen molar-refractivity contribution >= 4 is 17.3 Å². The van der Waals surface area contributed by atoms with E-state index in [2.05, 4.69) is 28.6 Å². The summed E-state index contributed by atoms with van der Waals surface area (Å²) in [4.78, 5) is 4.24. The first-order valence-corrected chi connectivity index (χ1v) is 4.92. The highest BCUT2D eigenvalue weighted by atomic mass is 32.1. The first-order chi connectivity index (χ1) is 6.63. The van der Waals surface area contributed by atoms with Gasteiger partial charge in [0.15, 0.2) is 5.11 Å². The van der Waals surface area contributed by atoms with E-state index in [0.717, 1.165) is 12.2 Å². The first-order valence-electron chi connectivity index (χ1n) is 4.51. The van der Waals surface area contributed by atoms with Gasteiger partial charge in [-0.2, -0.15) is 0 Å². The maximum atomic E-state index is 4.98. The van der Waals surface area contributed by atoms with Crippen molar-refractivity contribution in [3.63, 3.8) is 0 Å². The second-order valence-corrected chi connectivity index (χ2v) is 3.59. The fraction of sp³-hybridized carbons (Fsp3) is 0.400. The van der Waals surface area contributed by atoms with E-state index >= 15 is 0 Å². The third kappa shape index (κ3) is 2.96. The van der Waals surface area contributed by atoms with Crippen molar-refractivity contribution in [2.24, 2.45) is 0 Å². The van der Waals surface area contributed by atoms with Crippen LogP contribution in [-0.4, -0.2) is 17.1 Å². The van der Waals surface area contributed by atoms with Crippen molar-refractivity contribution < 1.29 is 0 Å². The highest BCUT2D eigenvalue weighted by molar-refractivity contribution is 7.80. The number of pyridine rings is 1. The number of nitrogens with zero attached hydrogens (tertiary/aromatic N) is 1. The maximum absolute atomic E-state index is 4.98. The average molecular weight is 209 g/mol. The predicted molar refractivity (Wildman–Crippen MR) is 62.2 cm³/mol. The smallest absolute Gasteiger partial charge is 0.166 e. The van der Waals surface area contributed by atoms with E-state index < -0.39 is 0 Å². The quantitative estimate of drug-likeness (QED) is 0.720. The highest BCUT2D eigenvalue weighted by Gasteiger charge is 1.99. The second kappa shape index (κ2) is 4.91. The summed E-state index contributed by atoms with van der Waals surface area (Å²) >= 11 is 4.98. The van der Waals surface area contributed by atoms with Gasteiger partial charge in [0.1, 0.15) is 0 Å². The third-order valence-corrected chi connectivity index (χ3v) is 2.37. The summed E-state index contributed by atoms with van der Waals surface area (Å²) in [7, 11) is 1.80. The third-order valence-electron chi connectivity index (χ3n) is 2.02. The zero-order chi connectivity index (χ0) is 10.6. The number of thiocarbonyl (C=S) groups is 1. The minimum absolute atomic E-state index is 0.657. The zero-order valence-corrected chi connectivity index (χ0v) is 9.53. The molecule has 1 aromatic heterocycles. The zero-order valence-electron chi connectivity index (χ0n) is 8.72. The fourth-order valence-electron chi connectivity index (χ4n) is 1.17. The number of hydrogen-bond acceptors (Lipinski definition) is 2. The molecule has 0 aliphatic carbocycles. The molecule has 0 bridgehead atoms. The van der Waals surface area contributed by atoms with E-state index in [4.69, 9.17) is 12.2 Å². The van der Waals surface area contributed by atoms with Gasteiger partial charge in [-0.15, -0.1) is 0 Å². The summed E-state index contributed by atoms with van der Waals surface area (Å²) in [6.07, 6.45) is 1.88. The van der Waals surface area contributed by atoms with Crippen LogP contribution in [-0.2, 0) is 6.54 Å². The molecule has 0 atom stereocenters. The Hall–Kier alpha value is -1.16. The molecule has 0 unspecified atom stereocenters. The van der Waals surface area contributed by atoms with Crippen molar-refractivity contribution in [1.29, 1.82) is 0 Å². The first kappa shape index (κ1) is 10.9. The Kier molecular flexibility index (Phi) is 3.83. The average Bonchev–Trinajstić information content (AvgIpc) is 2.16. The van der Waals surface area contributed by atoms with Crippen molar-refractivity contribution in [2.75, 3.05) is 7.05 Å². The van der Waals surface area contributed by atoms with E-state index in [1.165, 1.54) is 11.1 Å². The van der Waals surface area contributed by atoms with Gasteiger partial charge in [0, 0.05) is 25.5 Å². The molecule has 1 aromatic rings. The van der Waals surface area contributed by atoms with Crippen molar-refractivity contribution in [2.45, 2.75) is 20.4 Å². The maximum Gasteiger partial charge on any atom is 0.166 e. The largest absolute Gasteiger partial charge is 0.366 e. The van der Waals surface area contributed by atoms with Crippen LogP contribution in [0.4, 0.5) is 0 Å². The number of aromatic nitrogens is 1. The number of nitrogens with one attached hydrogen (secondary N) is 2. The summed E-state index contributed by atoms with van der Waals surface area (Å²) in [5, 5.41) is 6.61. The van der Waals surface area contributed by atoms with Crippen molar-refractivity contribution in [3.05, 3.63) is 29.1 Å². The lowest BCUT2D eigenvalue weighted by Gasteiger charge is -2.09. The lowest BCUT2D eigenvalue weighted by molar-refractivity contribution is 0.873. The lowest BCUT2D eigenvalue weighted by atomic mass is 10.1. The highest BCUT2D eigenvalue weighted by Crippen LogP contribution is 2.06. The van der Waals surface area contributed by atoms with Gasteiger partial charge in [0.05, 0.1) is 0 Å². The number of aryl methyl sites for hydroxylation is 2. The van der Waals surface area contributed by atoms with Crippen LogP contribution in [0.25, 0.3) is 0 Å². The van der Waals surface area contributed by atoms with Gasteiger partial charge in [-0.05, 0) is 43.3 Å². The molecule has 0 saturated heterocycles. The summed E-state index contributed by atoms with van der Waals surface area (Å²) in [6, 6.07) is 2.07. The van der Waals surface area contributed by atoms with Crippen LogP contribution in [0.2, 0.25) is 0 Å². The molecule has 0 radical (unpaired) electrons. The Balaban J connectivity index is 2.63. The van der Waals surface area contributed by atoms with Gasteiger partial charge in [-0.1, -0.05) is 0 Å². The van der Waals surface area contributed by atoms with Crippen LogP contribution < -0.4 is 10.6 Å². The Morgan fingerprint density at radius 1 is 1.50 bits per heavy atom. The summed E-state index contributed by atoms with van der Waals surface area (Å²) in [6.45, 7) is 4.79. The Labute approximate surface area is 89.9 Å². The Morgan fingerprint density at radius 2 is 2.21 bits per heavy atom. The molecule has 2 N–H and O–H groups in total. The van der Waals surface area contributed by atoms with E-state index in [1.807, 2.05) is 13.1 Å². The lowest BCUT2D eigenvalue weighted by Crippen LogP contribution is -2.32. The molecule has 0 saturated carbocycles. The topological polar surface area (TPSA) is 37.0 Å². The monoisotopic (exact) mass is 209 g/mol. The number of hydrogen-bond donors (Lipinski definition) is 2. The second-order valence-electron chi connectivity index (χ2n) is 3.18. The molecule has 76 valence electrons. The Bertz CT molecular complexity index is 336. The molecule has 0 aliphatic rings. The van der Waals surface area contributed by atoms with Crippen molar-refractivity contribution in [3.8, 4) is 0 Å². The minimum atomic E-state index is 0.657. The molecule has 0 aliphatic heterocycles. The predicted octanol–water partition coefficient (Wildman–Crippen LogP) is 1.29. The molecule has 1 rings (SSSR count). The van der Waals surface area contributed by atoms with Crippen molar-refractivity contribution in [1.82, 2.24) is 15.6 Å². The van der Waals surface area contributed by atoms with E-state index in [-0.39, 0.29) is 0 Å². The summed E-state index contributed by atoms with van der Waals surface area (Å²) in [5.74, 6) is 0. The minimum Gasteiger partial charge on any atom is -0.366 e.